The van der Waals surface area contributed by atoms with Gasteiger partial charge in [0.15, 0.2) is 0 Å². The number of aromatic nitrogens is 2. The van der Waals surface area contributed by atoms with Gasteiger partial charge in [0, 0.05) is 17.8 Å². The van der Waals surface area contributed by atoms with Gasteiger partial charge in [0.2, 0.25) is 0 Å². The lowest BCUT2D eigenvalue weighted by atomic mass is 10.0. The van der Waals surface area contributed by atoms with E-state index in [4.69, 9.17) is 6.42 Å². The first kappa shape index (κ1) is 9.29. The monoisotopic (exact) mass is 189 g/mol. The highest BCUT2D eigenvalue weighted by Crippen LogP contribution is 2.21. The second kappa shape index (κ2) is 4.30. The number of hydrogen-bond acceptors (Lipinski definition) is 2. The lowest BCUT2D eigenvalue weighted by Crippen LogP contribution is -2.26. The van der Waals surface area contributed by atoms with E-state index in [1.54, 1.807) is 0 Å². The van der Waals surface area contributed by atoms with Crippen molar-refractivity contribution < 1.29 is 0 Å². The fraction of sp³-hybridized carbons (Fsp3) is 0.545. The molecule has 0 radical (unpaired) electrons. The van der Waals surface area contributed by atoms with Crippen LogP contribution in [0.1, 0.15) is 30.9 Å². The summed E-state index contributed by atoms with van der Waals surface area (Å²) in [5, 5.41) is 7.70. The lowest BCUT2D eigenvalue weighted by Gasteiger charge is -2.21. The van der Waals surface area contributed by atoms with Gasteiger partial charge in [-0.05, 0) is 19.4 Å². The zero-order valence-electron chi connectivity index (χ0n) is 8.24. The number of hydrogen-bond donors (Lipinski definition) is 1. The van der Waals surface area contributed by atoms with E-state index in [1.165, 1.54) is 24.8 Å². The molecule has 1 aromatic heterocycles. The Kier molecular flexibility index (Phi) is 2.85. The second-order valence-electron chi connectivity index (χ2n) is 3.68. The molecule has 2 rings (SSSR count). The van der Waals surface area contributed by atoms with E-state index in [2.05, 4.69) is 16.3 Å². The molecule has 1 saturated heterocycles. The Balaban J connectivity index is 2.04. The molecule has 0 aliphatic carbocycles. The van der Waals surface area contributed by atoms with E-state index in [0.717, 1.165) is 6.54 Å². The largest absolute Gasteiger partial charge is 0.310 e. The van der Waals surface area contributed by atoms with Crippen LogP contribution in [0, 0.1) is 12.3 Å². The van der Waals surface area contributed by atoms with Gasteiger partial charge in [-0.1, -0.05) is 12.3 Å². The van der Waals surface area contributed by atoms with E-state index in [1.807, 2.05) is 17.1 Å². The van der Waals surface area contributed by atoms with Crippen molar-refractivity contribution in [3.8, 4) is 12.3 Å². The molecule has 2 heterocycles. The summed E-state index contributed by atoms with van der Waals surface area (Å²) < 4.78 is 1.81. The van der Waals surface area contributed by atoms with E-state index in [9.17, 15) is 0 Å². The van der Waals surface area contributed by atoms with Crippen molar-refractivity contribution >= 4 is 0 Å². The van der Waals surface area contributed by atoms with Crippen LogP contribution in [-0.2, 0) is 6.54 Å². The summed E-state index contributed by atoms with van der Waals surface area (Å²) in [5.74, 6) is 2.58. The maximum Gasteiger partial charge on any atom is 0.101 e. The van der Waals surface area contributed by atoms with Gasteiger partial charge in [-0.3, -0.25) is 4.68 Å². The minimum absolute atomic E-state index is 0.482. The molecule has 0 aromatic carbocycles. The quantitative estimate of drug-likeness (QED) is 0.711. The number of nitrogens with one attached hydrogen (secondary N) is 1. The van der Waals surface area contributed by atoms with Crippen LogP contribution in [0.15, 0.2) is 12.4 Å². The second-order valence-corrected chi connectivity index (χ2v) is 3.68. The van der Waals surface area contributed by atoms with Crippen molar-refractivity contribution in [3.63, 3.8) is 0 Å². The fourth-order valence-electron chi connectivity index (χ4n) is 1.88. The Morgan fingerprint density at radius 3 is 3.29 bits per heavy atom. The molecular weight excluding hydrogens is 174 g/mol. The highest BCUT2D eigenvalue weighted by molar-refractivity contribution is 5.11. The van der Waals surface area contributed by atoms with E-state index >= 15 is 0 Å². The van der Waals surface area contributed by atoms with Crippen LogP contribution in [0.4, 0.5) is 0 Å². The zero-order valence-corrected chi connectivity index (χ0v) is 8.24. The van der Waals surface area contributed by atoms with Crippen LogP contribution >= 0.6 is 0 Å². The molecule has 1 aliphatic rings. The summed E-state index contributed by atoms with van der Waals surface area (Å²) in [4.78, 5) is 0. The molecule has 74 valence electrons. The first-order valence-electron chi connectivity index (χ1n) is 5.09. The molecule has 3 nitrogen and oxygen atoms in total. The molecule has 0 amide bonds. The van der Waals surface area contributed by atoms with Gasteiger partial charge in [0.05, 0.1) is 6.20 Å². The van der Waals surface area contributed by atoms with Gasteiger partial charge >= 0.3 is 0 Å². The summed E-state index contributed by atoms with van der Waals surface area (Å²) in [6.07, 6.45) is 13.0. The first-order chi connectivity index (χ1) is 6.90. The predicted octanol–water partition coefficient (Wildman–Crippen LogP) is 1.33. The standard InChI is InChI=1S/C11H15N3/c1-2-7-14-9-10(8-13-14)11-5-3-4-6-12-11/h1,8-9,11-12H,3-7H2. The number of terminal acetylenes is 1. The van der Waals surface area contributed by atoms with Crippen LogP contribution in [0.3, 0.4) is 0 Å². The molecule has 0 spiro atoms. The topological polar surface area (TPSA) is 29.9 Å². The third-order valence-corrected chi connectivity index (χ3v) is 2.62. The van der Waals surface area contributed by atoms with Gasteiger partial charge in [0.1, 0.15) is 6.54 Å². The van der Waals surface area contributed by atoms with E-state index < -0.39 is 0 Å². The average molecular weight is 189 g/mol. The summed E-state index contributed by atoms with van der Waals surface area (Å²) in [6, 6.07) is 0.482. The maximum atomic E-state index is 5.22. The molecule has 1 N–H and O–H groups in total. The van der Waals surface area contributed by atoms with Crippen LogP contribution in [-0.4, -0.2) is 16.3 Å². The third kappa shape index (κ3) is 1.97. The molecule has 1 unspecified atom stereocenters. The van der Waals surface area contributed by atoms with Crippen LogP contribution in [0.5, 0.6) is 0 Å². The Morgan fingerprint density at radius 1 is 1.64 bits per heavy atom. The summed E-state index contributed by atoms with van der Waals surface area (Å²) in [7, 11) is 0. The SMILES string of the molecule is C#CCn1cc(C2CCCCN2)cn1. The molecular formula is C11H15N3. The fourth-order valence-corrected chi connectivity index (χ4v) is 1.88. The molecule has 1 atom stereocenters. The van der Waals surface area contributed by atoms with Gasteiger partial charge < -0.3 is 5.32 Å². The summed E-state index contributed by atoms with van der Waals surface area (Å²) in [6.45, 7) is 1.68. The molecule has 1 aromatic rings. The highest BCUT2D eigenvalue weighted by Gasteiger charge is 2.15. The number of nitrogens with zero attached hydrogens (tertiary/aromatic N) is 2. The Morgan fingerprint density at radius 2 is 2.57 bits per heavy atom. The van der Waals surface area contributed by atoms with Crippen LogP contribution in [0.2, 0.25) is 0 Å². The molecule has 0 saturated carbocycles. The first-order valence-corrected chi connectivity index (χ1v) is 5.09. The average Bonchev–Trinajstić information content (AvgIpc) is 2.68. The lowest BCUT2D eigenvalue weighted by molar-refractivity contribution is 0.412. The molecule has 3 heteroatoms. The van der Waals surface area contributed by atoms with Crippen molar-refractivity contribution in [1.29, 1.82) is 0 Å². The van der Waals surface area contributed by atoms with E-state index in [-0.39, 0.29) is 0 Å². The molecule has 0 bridgehead atoms. The maximum absolute atomic E-state index is 5.22. The molecule has 1 aliphatic heterocycles. The zero-order chi connectivity index (χ0) is 9.80. The van der Waals surface area contributed by atoms with Crippen LogP contribution in [0.25, 0.3) is 0 Å². The number of rotatable bonds is 2. The summed E-state index contributed by atoms with van der Waals surface area (Å²) in [5.41, 5.74) is 1.26. The minimum atomic E-state index is 0.482. The van der Waals surface area contributed by atoms with Crippen molar-refractivity contribution in [2.45, 2.75) is 31.8 Å². The Hall–Kier alpha value is -1.27. The van der Waals surface area contributed by atoms with Crippen molar-refractivity contribution in [2.24, 2.45) is 0 Å². The van der Waals surface area contributed by atoms with Gasteiger partial charge in [0.25, 0.3) is 0 Å². The molecule has 1 fully saturated rings. The smallest absolute Gasteiger partial charge is 0.101 e. The Bertz CT molecular complexity index is 329. The van der Waals surface area contributed by atoms with Gasteiger partial charge in [-0.25, -0.2) is 0 Å². The normalized spacial score (nSPS) is 21.8. The number of piperidine rings is 1. The highest BCUT2D eigenvalue weighted by atomic mass is 15.3. The molecule has 14 heavy (non-hydrogen) atoms. The van der Waals surface area contributed by atoms with Gasteiger partial charge in [-0.15, -0.1) is 6.42 Å². The van der Waals surface area contributed by atoms with Gasteiger partial charge in [-0.2, -0.15) is 5.10 Å². The Labute approximate surface area is 84.5 Å². The minimum Gasteiger partial charge on any atom is -0.310 e. The predicted molar refractivity (Wildman–Crippen MR) is 55.7 cm³/mol. The van der Waals surface area contributed by atoms with E-state index in [0.29, 0.717) is 12.6 Å². The third-order valence-electron chi connectivity index (χ3n) is 2.62. The van der Waals surface area contributed by atoms with Crippen LogP contribution < -0.4 is 5.32 Å². The van der Waals surface area contributed by atoms with Crippen molar-refractivity contribution in [2.75, 3.05) is 6.54 Å². The van der Waals surface area contributed by atoms with Crippen molar-refractivity contribution in [1.82, 2.24) is 15.1 Å². The summed E-state index contributed by atoms with van der Waals surface area (Å²) >= 11 is 0. The van der Waals surface area contributed by atoms with Crippen molar-refractivity contribution in [3.05, 3.63) is 18.0 Å².